The van der Waals surface area contributed by atoms with Gasteiger partial charge in [-0.2, -0.15) is 9.61 Å². The van der Waals surface area contributed by atoms with Crippen LogP contribution in [0.1, 0.15) is 35.2 Å². The monoisotopic (exact) mass is 329 g/mol. The Hall–Kier alpha value is -2.21. The summed E-state index contributed by atoms with van der Waals surface area (Å²) in [6, 6.07) is 7.43. The van der Waals surface area contributed by atoms with Crippen molar-refractivity contribution in [1.29, 1.82) is 0 Å². The second-order valence-corrected chi connectivity index (χ2v) is 6.55. The van der Waals surface area contributed by atoms with E-state index in [9.17, 15) is 4.79 Å². The molecule has 0 aliphatic carbocycles. The van der Waals surface area contributed by atoms with Crippen molar-refractivity contribution in [3.63, 3.8) is 0 Å². The third kappa shape index (κ3) is 3.27. The molecule has 0 saturated carbocycles. The fourth-order valence-electron chi connectivity index (χ4n) is 2.32. The fourth-order valence-corrected chi connectivity index (χ4v) is 3.34. The van der Waals surface area contributed by atoms with Crippen molar-refractivity contribution in [3.8, 4) is 5.75 Å². The van der Waals surface area contributed by atoms with Gasteiger partial charge in [0.25, 0.3) is 5.56 Å². The molecule has 0 bridgehead atoms. The van der Waals surface area contributed by atoms with Gasteiger partial charge < -0.3 is 4.74 Å². The average molecular weight is 329 g/mol. The van der Waals surface area contributed by atoms with E-state index < -0.39 is 0 Å². The van der Waals surface area contributed by atoms with Crippen LogP contribution in [0.4, 0.5) is 0 Å². The Bertz CT molecular complexity index is 898. The van der Waals surface area contributed by atoms with Gasteiger partial charge >= 0.3 is 0 Å². The van der Waals surface area contributed by atoms with Gasteiger partial charge in [-0.15, -0.1) is 0 Å². The number of benzene rings is 1. The lowest BCUT2D eigenvalue weighted by molar-refractivity contribution is 0.299. The van der Waals surface area contributed by atoms with Crippen LogP contribution in [0.15, 0.2) is 29.1 Å². The Morgan fingerprint density at radius 2 is 2.13 bits per heavy atom. The zero-order valence-corrected chi connectivity index (χ0v) is 14.3. The first-order valence-corrected chi connectivity index (χ1v) is 8.48. The van der Waals surface area contributed by atoms with Crippen molar-refractivity contribution in [2.75, 3.05) is 0 Å². The summed E-state index contributed by atoms with van der Waals surface area (Å²) in [7, 11) is 0. The van der Waals surface area contributed by atoms with Gasteiger partial charge in [0.2, 0.25) is 4.96 Å². The van der Waals surface area contributed by atoms with Crippen molar-refractivity contribution >= 4 is 16.3 Å². The predicted molar refractivity (Wildman–Crippen MR) is 91.4 cm³/mol. The van der Waals surface area contributed by atoms with Gasteiger partial charge in [-0.25, -0.2) is 4.98 Å². The van der Waals surface area contributed by atoms with Crippen molar-refractivity contribution in [2.24, 2.45) is 0 Å². The molecule has 23 heavy (non-hydrogen) atoms. The Morgan fingerprint density at radius 3 is 2.91 bits per heavy atom. The van der Waals surface area contributed by atoms with E-state index in [4.69, 9.17) is 4.74 Å². The molecule has 0 atom stereocenters. The van der Waals surface area contributed by atoms with Gasteiger partial charge in [-0.05, 0) is 37.5 Å². The summed E-state index contributed by atoms with van der Waals surface area (Å²) in [6.45, 7) is 6.44. The van der Waals surface area contributed by atoms with Crippen molar-refractivity contribution in [1.82, 2.24) is 14.6 Å². The third-order valence-corrected chi connectivity index (χ3v) is 4.70. The van der Waals surface area contributed by atoms with Crippen LogP contribution in [0.3, 0.4) is 0 Å². The largest absolute Gasteiger partial charge is 0.487 e. The highest BCUT2D eigenvalue weighted by Gasteiger charge is 2.10. The van der Waals surface area contributed by atoms with Crippen LogP contribution >= 0.6 is 11.3 Å². The predicted octanol–water partition coefficient (Wildman–Crippen LogP) is 3.30. The summed E-state index contributed by atoms with van der Waals surface area (Å²) < 4.78 is 7.21. The highest BCUT2D eigenvalue weighted by molar-refractivity contribution is 7.16. The normalized spacial score (nSPS) is 11.1. The molecule has 1 aromatic carbocycles. The minimum atomic E-state index is -0.159. The number of rotatable bonds is 5. The van der Waals surface area contributed by atoms with Gasteiger partial charge in [-0.1, -0.05) is 30.4 Å². The van der Waals surface area contributed by atoms with E-state index in [2.05, 4.69) is 17.0 Å². The molecule has 120 valence electrons. The minimum Gasteiger partial charge on any atom is -0.487 e. The number of hydrogen-bond acceptors (Lipinski definition) is 5. The summed E-state index contributed by atoms with van der Waals surface area (Å²) >= 11 is 1.46. The topological polar surface area (TPSA) is 56.5 Å². The molecule has 5 nitrogen and oxygen atoms in total. The number of ether oxygens (including phenoxy) is 1. The van der Waals surface area contributed by atoms with Gasteiger partial charge in [0.05, 0.1) is 5.69 Å². The van der Waals surface area contributed by atoms with Gasteiger partial charge in [-0.3, -0.25) is 4.79 Å². The molecule has 0 aliphatic rings. The lowest BCUT2D eigenvalue weighted by Gasteiger charge is -2.10. The maximum Gasteiger partial charge on any atom is 0.275 e. The summed E-state index contributed by atoms with van der Waals surface area (Å²) in [5.41, 5.74) is 2.75. The SMILES string of the molecule is CCCc1nn2c(=O)cc(COc3cccc(C)c3C)nc2s1. The number of nitrogens with zero attached hydrogens (tertiary/aromatic N) is 3. The molecule has 2 aromatic heterocycles. The fraction of sp³-hybridized carbons (Fsp3) is 0.353. The number of aromatic nitrogens is 3. The molecule has 0 N–H and O–H groups in total. The number of hydrogen-bond donors (Lipinski definition) is 0. The van der Waals surface area contributed by atoms with Crippen LogP contribution in [-0.4, -0.2) is 14.6 Å². The van der Waals surface area contributed by atoms with Crippen LogP contribution in [0.25, 0.3) is 4.96 Å². The molecule has 0 spiro atoms. The summed E-state index contributed by atoms with van der Waals surface area (Å²) in [5.74, 6) is 0.822. The molecule has 2 heterocycles. The first kappa shape index (κ1) is 15.7. The van der Waals surface area contributed by atoms with E-state index in [1.807, 2.05) is 32.0 Å². The number of aryl methyl sites for hydroxylation is 2. The first-order chi connectivity index (χ1) is 11.1. The van der Waals surface area contributed by atoms with E-state index in [1.54, 1.807) is 0 Å². The van der Waals surface area contributed by atoms with Gasteiger partial charge in [0.15, 0.2) is 0 Å². The second-order valence-electron chi connectivity index (χ2n) is 5.51. The van der Waals surface area contributed by atoms with E-state index in [0.29, 0.717) is 10.7 Å². The van der Waals surface area contributed by atoms with Crippen LogP contribution < -0.4 is 10.3 Å². The average Bonchev–Trinajstić information content (AvgIpc) is 2.92. The maximum absolute atomic E-state index is 12.2. The highest BCUT2D eigenvalue weighted by Crippen LogP contribution is 2.21. The first-order valence-electron chi connectivity index (χ1n) is 7.66. The number of fused-ring (bicyclic) bond motifs is 1. The Morgan fingerprint density at radius 1 is 1.30 bits per heavy atom. The van der Waals surface area contributed by atoms with Gasteiger partial charge in [0.1, 0.15) is 17.4 Å². The molecular weight excluding hydrogens is 310 g/mol. The third-order valence-electron chi connectivity index (χ3n) is 3.73. The lowest BCUT2D eigenvalue weighted by Crippen LogP contribution is -2.16. The van der Waals surface area contributed by atoms with Crippen LogP contribution in [0.5, 0.6) is 5.75 Å². The minimum absolute atomic E-state index is 0.159. The smallest absolute Gasteiger partial charge is 0.275 e. The van der Waals surface area contributed by atoms with Crippen LogP contribution in [0.2, 0.25) is 0 Å². The van der Waals surface area contributed by atoms with Crippen LogP contribution in [-0.2, 0) is 13.0 Å². The van der Waals surface area contributed by atoms with E-state index >= 15 is 0 Å². The van der Waals surface area contributed by atoms with E-state index in [-0.39, 0.29) is 12.2 Å². The molecule has 0 radical (unpaired) electrons. The standard InChI is InChI=1S/C17H19N3O2S/c1-4-6-15-19-20-16(21)9-13(18-17(20)23-15)10-22-14-8-5-7-11(2)12(14)3/h5,7-9H,4,6,10H2,1-3H3. The second kappa shape index (κ2) is 6.50. The van der Waals surface area contributed by atoms with Crippen molar-refractivity contribution in [3.05, 3.63) is 56.4 Å². The Labute approximate surface area is 138 Å². The lowest BCUT2D eigenvalue weighted by atomic mass is 10.1. The zero-order valence-electron chi connectivity index (χ0n) is 13.5. The van der Waals surface area contributed by atoms with Gasteiger partial charge in [0, 0.05) is 12.5 Å². The van der Waals surface area contributed by atoms with E-state index in [0.717, 1.165) is 29.2 Å². The van der Waals surface area contributed by atoms with Crippen LogP contribution in [0, 0.1) is 13.8 Å². The Kier molecular flexibility index (Phi) is 4.43. The van der Waals surface area contributed by atoms with Crippen molar-refractivity contribution in [2.45, 2.75) is 40.2 Å². The zero-order chi connectivity index (χ0) is 16.4. The molecule has 3 rings (SSSR count). The maximum atomic E-state index is 12.2. The molecule has 0 amide bonds. The molecule has 0 unspecified atom stereocenters. The Balaban J connectivity index is 1.85. The summed E-state index contributed by atoms with van der Waals surface area (Å²) in [6.07, 6.45) is 1.86. The molecule has 0 fully saturated rings. The summed E-state index contributed by atoms with van der Waals surface area (Å²) in [5, 5.41) is 5.24. The molecule has 3 aromatic rings. The molecule has 0 aliphatic heterocycles. The van der Waals surface area contributed by atoms with Crippen molar-refractivity contribution < 1.29 is 4.74 Å². The summed E-state index contributed by atoms with van der Waals surface area (Å²) in [4.78, 5) is 17.3. The molecule has 6 heteroatoms. The molecule has 0 saturated heterocycles. The van der Waals surface area contributed by atoms with E-state index in [1.165, 1.54) is 27.5 Å². The molecular formula is C17H19N3O2S. The quantitative estimate of drug-likeness (QED) is 0.721. The highest BCUT2D eigenvalue weighted by atomic mass is 32.1.